The van der Waals surface area contributed by atoms with E-state index in [2.05, 4.69) is 82.3 Å². The molecular formula is C27H26N4OS. The number of nitrogens with zero attached hydrogens (tertiary/aromatic N) is 3. The van der Waals surface area contributed by atoms with Crippen molar-refractivity contribution in [3.63, 3.8) is 0 Å². The maximum Gasteiger partial charge on any atom is 0.174 e. The van der Waals surface area contributed by atoms with Crippen molar-refractivity contribution in [3.8, 4) is 11.4 Å². The Kier molecular flexibility index (Phi) is 5.60. The molecule has 2 unspecified atom stereocenters. The number of methoxy groups -OCH3 is 1. The maximum absolute atomic E-state index is 5.88. The van der Waals surface area contributed by atoms with Crippen LogP contribution in [0.2, 0.25) is 0 Å². The van der Waals surface area contributed by atoms with E-state index in [1.165, 1.54) is 11.1 Å². The molecular weight excluding hydrogens is 428 g/mol. The van der Waals surface area contributed by atoms with Crippen LogP contribution in [0.15, 0.2) is 85.2 Å². The molecule has 5 rings (SSSR count). The van der Waals surface area contributed by atoms with Crippen molar-refractivity contribution in [2.24, 2.45) is 0 Å². The van der Waals surface area contributed by atoms with Crippen molar-refractivity contribution in [2.45, 2.75) is 25.9 Å². The molecule has 3 heterocycles. The highest BCUT2D eigenvalue weighted by Gasteiger charge is 2.42. The highest BCUT2D eigenvalue weighted by atomic mass is 32.1. The molecule has 1 aliphatic rings. The van der Waals surface area contributed by atoms with Crippen LogP contribution in [0.25, 0.3) is 5.69 Å². The third kappa shape index (κ3) is 3.87. The first-order valence-corrected chi connectivity index (χ1v) is 11.4. The number of pyridine rings is 1. The van der Waals surface area contributed by atoms with Crippen LogP contribution in [0.5, 0.6) is 5.75 Å². The fourth-order valence-corrected chi connectivity index (χ4v) is 4.79. The van der Waals surface area contributed by atoms with Gasteiger partial charge in [-0.25, -0.2) is 0 Å². The molecule has 0 aliphatic carbocycles. The van der Waals surface area contributed by atoms with E-state index >= 15 is 0 Å². The molecule has 1 fully saturated rings. The van der Waals surface area contributed by atoms with E-state index < -0.39 is 0 Å². The number of nitrogens with one attached hydrogen (secondary N) is 1. The number of aryl methyl sites for hydroxylation is 2. The molecule has 0 amide bonds. The zero-order valence-electron chi connectivity index (χ0n) is 18.9. The van der Waals surface area contributed by atoms with E-state index in [1.54, 1.807) is 7.11 Å². The predicted molar refractivity (Wildman–Crippen MR) is 136 cm³/mol. The number of hydrogen-bond donors (Lipinski definition) is 1. The van der Waals surface area contributed by atoms with Gasteiger partial charge in [0.15, 0.2) is 5.11 Å². The van der Waals surface area contributed by atoms with E-state index in [0.29, 0.717) is 5.11 Å². The van der Waals surface area contributed by atoms with Crippen LogP contribution < -0.4 is 15.0 Å². The summed E-state index contributed by atoms with van der Waals surface area (Å²) in [4.78, 5) is 6.88. The lowest BCUT2D eigenvalue weighted by Gasteiger charge is -2.29. The first-order valence-electron chi connectivity index (χ1n) is 11.0. The van der Waals surface area contributed by atoms with Crippen molar-refractivity contribution in [2.75, 3.05) is 12.0 Å². The van der Waals surface area contributed by atoms with Crippen LogP contribution in [-0.4, -0.2) is 21.8 Å². The molecule has 0 radical (unpaired) electrons. The van der Waals surface area contributed by atoms with Gasteiger partial charge in [0.1, 0.15) is 11.8 Å². The summed E-state index contributed by atoms with van der Waals surface area (Å²) in [6.07, 6.45) is 3.91. The van der Waals surface area contributed by atoms with E-state index in [9.17, 15) is 0 Å². The van der Waals surface area contributed by atoms with Crippen molar-refractivity contribution in [1.29, 1.82) is 0 Å². The zero-order chi connectivity index (χ0) is 22.9. The second-order valence-electron chi connectivity index (χ2n) is 8.27. The Balaban J connectivity index is 1.67. The smallest absolute Gasteiger partial charge is 0.174 e. The molecule has 1 N–H and O–H groups in total. The summed E-state index contributed by atoms with van der Waals surface area (Å²) in [5.74, 6) is 0.819. The average molecular weight is 455 g/mol. The summed E-state index contributed by atoms with van der Waals surface area (Å²) in [7, 11) is 1.69. The Morgan fingerprint density at radius 2 is 1.79 bits per heavy atom. The van der Waals surface area contributed by atoms with Gasteiger partial charge in [0.2, 0.25) is 0 Å². The molecule has 33 heavy (non-hydrogen) atoms. The number of benzene rings is 2. The molecule has 2 atom stereocenters. The van der Waals surface area contributed by atoms with E-state index in [-0.39, 0.29) is 12.1 Å². The highest BCUT2D eigenvalue weighted by Crippen LogP contribution is 2.42. The summed E-state index contributed by atoms with van der Waals surface area (Å²) in [5, 5.41) is 4.24. The molecule has 4 aromatic rings. The predicted octanol–water partition coefficient (Wildman–Crippen LogP) is 5.67. The Hall–Kier alpha value is -3.64. The first-order chi connectivity index (χ1) is 16.1. The minimum Gasteiger partial charge on any atom is -0.497 e. The Morgan fingerprint density at radius 3 is 2.55 bits per heavy atom. The number of aromatic nitrogens is 2. The third-order valence-corrected chi connectivity index (χ3v) is 6.60. The Labute approximate surface area is 199 Å². The minimum atomic E-state index is -0.0976. The number of thiocarbonyl (C=S) groups is 1. The van der Waals surface area contributed by atoms with Crippen LogP contribution in [0.4, 0.5) is 5.69 Å². The molecule has 1 aliphatic heterocycles. The average Bonchev–Trinajstić information content (AvgIpc) is 3.46. The van der Waals surface area contributed by atoms with Crippen molar-refractivity contribution in [3.05, 3.63) is 108 Å². The Morgan fingerprint density at radius 1 is 0.909 bits per heavy atom. The molecule has 166 valence electrons. The van der Waals surface area contributed by atoms with Crippen LogP contribution in [0.3, 0.4) is 0 Å². The molecule has 0 bridgehead atoms. The van der Waals surface area contributed by atoms with Gasteiger partial charge in [-0.15, -0.1) is 0 Å². The van der Waals surface area contributed by atoms with Crippen LogP contribution in [0.1, 0.15) is 34.6 Å². The lowest BCUT2D eigenvalue weighted by atomic mass is 10.00. The molecule has 5 nitrogen and oxygen atoms in total. The van der Waals surface area contributed by atoms with Gasteiger partial charge in [0.05, 0.1) is 18.8 Å². The van der Waals surface area contributed by atoms with Crippen molar-refractivity contribution in [1.82, 2.24) is 14.9 Å². The molecule has 1 saturated heterocycles. The van der Waals surface area contributed by atoms with E-state index in [4.69, 9.17) is 17.0 Å². The fourth-order valence-electron chi connectivity index (χ4n) is 4.44. The van der Waals surface area contributed by atoms with Gasteiger partial charge in [-0.1, -0.05) is 18.2 Å². The summed E-state index contributed by atoms with van der Waals surface area (Å²) in [5.41, 5.74) is 6.66. The summed E-state index contributed by atoms with van der Waals surface area (Å²) < 4.78 is 7.67. The van der Waals surface area contributed by atoms with Crippen molar-refractivity contribution < 1.29 is 4.74 Å². The first kappa shape index (κ1) is 21.2. The van der Waals surface area contributed by atoms with E-state index in [0.717, 1.165) is 28.5 Å². The molecule has 6 heteroatoms. The lowest BCUT2D eigenvalue weighted by molar-refractivity contribution is 0.414. The quantitative estimate of drug-likeness (QED) is 0.393. The van der Waals surface area contributed by atoms with Gasteiger partial charge in [0, 0.05) is 35.5 Å². The van der Waals surface area contributed by atoms with Gasteiger partial charge in [-0.2, -0.15) is 0 Å². The molecule has 0 spiro atoms. The molecule has 2 aromatic carbocycles. The standard InChI is InChI=1S/C27H26N4OS/c1-18-12-13-21(16-19(18)2)31-26(25(29-27(31)33)23-10-4-5-14-28-23)24-11-7-15-30(24)20-8-6-9-22(17-20)32-3/h4-17,25-26H,1-3H3,(H,29,33). The monoisotopic (exact) mass is 454 g/mol. The SMILES string of the molecule is COc1cccc(-n2cccc2C2C(c3ccccn3)NC(=S)N2c2ccc(C)c(C)c2)c1. The number of ether oxygens (including phenoxy) is 1. The Bertz CT molecular complexity index is 1300. The normalized spacial score (nSPS) is 17.8. The van der Waals surface area contributed by atoms with Crippen molar-refractivity contribution >= 4 is 23.0 Å². The van der Waals surface area contributed by atoms with Gasteiger partial charge in [-0.05, 0) is 85.7 Å². The van der Waals surface area contributed by atoms with Gasteiger partial charge >= 0.3 is 0 Å². The van der Waals surface area contributed by atoms with Crippen LogP contribution in [0, 0.1) is 13.8 Å². The largest absolute Gasteiger partial charge is 0.497 e. The topological polar surface area (TPSA) is 42.3 Å². The fraction of sp³-hybridized carbons (Fsp3) is 0.185. The second kappa shape index (κ2) is 8.71. The number of rotatable bonds is 5. The van der Waals surface area contributed by atoms with Crippen LogP contribution >= 0.6 is 12.2 Å². The molecule has 0 saturated carbocycles. The number of hydrogen-bond acceptors (Lipinski definition) is 3. The number of anilines is 1. The minimum absolute atomic E-state index is 0.0873. The summed E-state index contributed by atoms with van der Waals surface area (Å²) in [6, 6.07) is 24.6. The summed E-state index contributed by atoms with van der Waals surface area (Å²) in [6.45, 7) is 4.26. The zero-order valence-corrected chi connectivity index (χ0v) is 19.7. The van der Waals surface area contributed by atoms with Gasteiger partial charge in [-0.3, -0.25) is 4.98 Å². The lowest BCUT2D eigenvalue weighted by Crippen LogP contribution is -2.30. The maximum atomic E-state index is 5.88. The summed E-state index contributed by atoms with van der Waals surface area (Å²) >= 11 is 5.88. The second-order valence-corrected chi connectivity index (χ2v) is 8.66. The van der Waals surface area contributed by atoms with Gasteiger partial charge in [0.25, 0.3) is 0 Å². The van der Waals surface area contributed by atoms with Crippen LogP contribution in [-0.2, 0) is 0 Å². The van der Waals surface area contributed by atoms with Gasteiger partial charge < -0.3 is 19.5 Å². The third-order valence-electron chi connectivity index (χ3n) is 6.28. The molecule has 2 aromatic heterocycles. The highest BCUT2D eigenvalue weighted by molar-refractivity contribution is 7.80. The van der Waals surface area contributed by atoms with E-state index in [1.807, 2.05) is 36.5 Å².